The number of imidazole rings is 2. The minimum atomic E-state index is -5.32. The zero-order valence-corrected chi connectivity index (χ0v) is 30.4. The minimum Gasteiger partial charge on any atom is -0.390 e. The second-order valence-electron chi connectivity index (χ2n) is 11.2. The standard InChI is InChI=1S/C10H15N5O11P2.C10H15N5O10P2/c11-10-13-7-4(8(18)14-10)12-2-15(7)9-6(17)5(16)3(25-9)1-24-28(22,23)26-27(19,20)21;11-10-13-8-7(9(17)14-10)12-3-15(8)6-1-4(16)5(24-6)2-23-27(21,22)25-26(18,19)20/h2-3,5-6,9,16-17H,1H2,(H,22,23)(H2,19,20,21)(H3,11,13,14,18);3-6,16H,1-2H2,(H,21,22)(H2,18,19,20)(H3,11,13,14,17)/t3-,5-,6-,9-;4-,5+,6+/m10/s1. The van der Waals surface area contributed by atoms with E-state index in [1.807, 2.05) is 0 Å². The predicted octanol–water partition coefficient (Wildman–Crippen LogP) is -3.88. The quantitative estimate of drug-likeness (QED) is 0.0606. The van der Waals surface area contributed by atoms with Crippen LogP contribution in [0.15, 0.2) is 22.2 Å². The molecule has 2 fully saturated rings. The van der Waals surface area contributed by atoms with E-state index in [1.54, 1.807) is 0 Å². The van der Waals surface area contributed by atoms with E-state index < -0.39 is 98.6 Å². The number of nitrogen functional groups attached to an aromatic ring is 2. The molecule has 0 saturated carbocycles. The molecule has 15 N–H and O–H groups in total. The molecule has 2 saturated heterocycles. The third-order valence-electron chi connectivity index (χ3n) is 7.25. The second-order valence-corrected chi connectivity index (χ2v) is 16.9. The number of hydrogen-bond donors (Lipinski definition) is 13. The van der Waals surface area contributed by atoms with Crippen LogP contribution in [0.1, 0.15) is 18.9 Å². The van der Waals surface area contributed by atoms with Crippen LogP contribution in [-0.4, -0.2) is 127 Å². The van der Waals surface area contributed by atoms with Gasteiger partial charge in [0.15, 0.2) is 28.6 Å². The molecule has 2 aliphatic rings. The topological polar surface area (TPSA) is 485 Å². The number of nitrogens with zero attached hydrogens (tertiary/aromatic N) is 6. The summed E-state index contributed by atoms with van der Waals surface area (Å²) >= 11 is 0. The molecule has 55 heavy (non-hydrogen) atoms. The van der Waals surface area contributed by atoms with Crippen LogP contribution >= 0.6 is 31.3 Å². The normalized spacial score (nSPS) is 26.8. The third-order valence-corrected chi connectivity index (χ3v) is 11.6. The van der Waals surface area contributed by atoms with Gasteiger partial charge in [0.25, 0.3) is 11.1 Å². The van der Waals surface area contributed by atoms with Crippen molar-refractivity contribution in [1.82, 2.24) is 39.0 Å². The van der Waals surface area contributed by atoms with Crippen LogP contribution in [0, 0.1) is 0 Å². The number of aromatic amines is 2. The highest BCUT2D eigenvalue weighted by molar-refractivity contribution is 7.61. The Balaban J connectivity index is 0.000000211. The Morgan fingerprint density at radius 3 is 1.67 bits per heavy atom. The number of aromatic nitrogens is 8. The van der Waals surface area contributed by atoms with E-state index in [0.29, 0.717) is 0 Å². The molecule has 2 aliphatic heterocycles. The van der Waals surface area contributed by atoms with E-state index in [4.69, 9.17) is 40.5 Å². The Morgan fingerprint density at radius 1 is 0.727 bits per heavy atom. The summed E-state index contributed by atoms with van der Waals surface area (Å²) in [5.74, 6) is -0.383. The van der Waals surface area contributed by atoms with Crippen molar-refractivity contribution in [3.05, 3.63) is 33.4 Å². The molecule has 6 rings (SSSR count). The molecule has 306 valence electrons. The Bertz CT molecular complexity index is 2360. The average molecular weight is 870 g/mol. The summed E-state index contributed by atoms with van der Waals surface area (Å²) in [5.41, 5.74) is 9.68. The number of aliphatic hydroxyl groups is 3. The molecule has 4 aromatic heterocycles. The van der Waals surface area contributed by atoms with Crippen molar-refractivity contribution in [2.45, 2.75) is 49.4 Å². The van der Waals surface area contributed by atoms with E-state index in [-0.39, 0.29) is 40.6 Å². The highest BCUT2D eigenvalue weighted by Crippen LogP contribution is 2.58. The van der Waals surface area contributed by atoms with Crippen LogP contribution in [0.4, 0.5) is 11.9 Å². The van der Waals surface area contributed by atoms with Gasteiger partial charge in [-0.25, -0.2) is 28.2 Å². The van der Waals surface area contributed by atoms with Gasteiger partial charge < -0.3 is 65.6 Å². The molecule has 9 atom stereocenters. The van der Waals surface area contributed by atoms with E-state index in [2.05, 4.69) is 47.6 Å². The van der Waals surface area contributed by atoms with E-state index in [1.165, 1.54) is 10.9 Å². The molecule has 31 nitrogen and oxygen atoms in total. The molecule has 2 unspecified atom stereocenters. The van der Waals surface area contributed by atoms with Crippen molar-refractivity contribution in [1.29, 1.82) is 0 Å². The highest BCUT2D eigenvalue weighted by Gasteiger charge is 2.46. The average Bonchev–Trinajstić information content (AvgIpc) is 3.79. The molecule has 35 heteroatoms. The summed E-state index contributed by atoms with van der Waals surface area (Å²) in [6, 6.07) is 0. The van der Waals surface area contributed by atoms with Gasteiger partial charge in [-0.15, -0.1) is 0 Å². The van der Waals surface area contributed by atoms with Gasteiger partial charge in [-0.1, -0.05) is 0 Å². The summed E-state index contributed by atoms with van der Waals surface area (Å²) in [7, 11) is -20.8. The number of aliphatic hydroxyl groups excluding tert-OH is 3. The number of ether oxygens (including phenoxy) is 2. The molecule has 4 aromatic rings. The maximum absolute atomic E-state index is 11.8. The molecule has 0 aliphatic carbocycles. The zero-order valence-electron chi connectivity index (χ0n) is 26.9. The van der Waals surface area contributed by atoms with Crippen LogP contribution in [0.3, 0.4) is 0 Å². The molecular weight excluding hydrogens is 840 g/mol. The molecule has 0 bridgehead atoms. The van der Waals surface area contributed by atoms with Crippen molar-refractivity contribution in [2.24, 2.45) is 0 Å². The summed E-state index contributed by atoms with van der Waals surface area (Å²) in [5, 5.41) is 30.3. The summed E-state index contributed by atoms with van der Waals surface area (Å²) in [4.78, 5) is 96.4. The van der Waals surface area contributed by atoms with Gasteiger partial charge >= 0.3 is 31.3 Å². The molecular formula is C20H30N10O21P4. The van der Waals surface area contributed by atoms with Gasteiger partial charge in [0.2, 0.25) is 11.9 Å². The van der Waals surface area contributed by atoms with Crippen LogP contribution in [0.25, 0.3) is 22.3 Å². The highest BCUT2D eigenvalue weighted by atomic mass is 31.3. The smallest absolute Gasteiger partial charge is 0.390 e. The van der Waals surface area contributed by atoms with Crippen molar-refractivity contribution in [2.75, 3.05) is 24.7 Å². The fourth-order valence-electron chi connectivity index (χ4n) is 5.07. The largest absolute Gasteiger partial charge is 0.481 e. The third kappa shape index (κ3) is 10.5. The van der Waals surface area contributed by atoms with Crippen LogP contribution < -0.4 is 22.6 Å². The van der Waals surface area contributed by atoms with Gasteiger partial charge in [0.1, 0.15) is 30.6 Å². The maximum Gasteiger partial charge on any atom is 0.481 e. The number of fused-ring (bicyclic) bond motifs is 2. The monoisotopic (exact) mass is 870 g/mol. The number of anilines is 2. The Hall–Kier alpha value is -3.38. The van der Waals surface area contributed by atoms with Crippen molar-refractivity contribution in [3.63, 3.8) is 0 Å². The fourth-order valence-corrected chi connectivity index (χ4v) is 8.27. The lowest BCUT2D eigenvalue weighted by Gasteiger charge is -2.18. The number of rotatable bonds is 12. The van der Waals surface area contributed by atoms with Crippen LogP contribution in [0.5, 0.6) is 0 Å². The lowest BCUT2D eigenvalue weighted by Crippen LogP contribution is -2.33. The predicted molar refractivity (Wildman–Crippen MR) is 173 cm³/mol. The van der Waals surface area contributed by atoms with Gasteiger partial charge in [-0.05, 0) is 0 Å². The number of H-pyrrole nitrogens is 2. The summed E-state index contributed by atoms with van der Waals surface area (Å²) in [6.07, 6.45) is -6.79. The number of phosphoric ester groups is 2. The lowest BCUT2D eigenvalue weighted by molar-refractivity contribution is -0.0503. The molecule has 0 spiro atoms. The molecule has 6 heterocycles. The van der Waals surface area contributed by atoms with Crippen LogP contribution in [0.2, 0.25) is 0 Å². The zero-order chi connectivity index (χ0) is 40.8. The van der Waals surface area contributed by atoms with E-state index >= 15 is 0 Å². The van der Waals surface area contributed by atoms with E-state index in [0.717, 1.165) is 10.9 Å². The molecule has 0 aromatic carbocycles. The number of hydrogen-bond acceptors (Lipinski definition) is 21. The minimum absolute atomic E-state index is 0.00288. The van der Waals surface area contributed by atoms with Gasteiger partial charge in [0, 0.05) is 6.42 Å². The van der Waals surface area contributed by atoms with Crippen molar-refractivity contribution in [3.8, 4) is 0 Å². The van der Waals surface area contributed by atoms with Crippen molar-refractivity contribution >= 4 is 65.5 Å². The summed E-state index contributed by atoms with van der Waals surface area (Å²) in [6.45, 7) is -1.57. The first-order valence-corrected chi connectivity index (χ1v) is 20.7. The first-order chi connectivity index (χ1) is 25.3. The number of phosphoric acid groups is 4. The Labute approximate surface area is 302 Å². The Kier molecular flexibility index (Phi) is 12.3. The molecule has 0 radical (unpaired) electrons. The summed E-state index contributed by atoms with van der Waals surface area (Å²) < 4.78 is 73.6. The number of nitrogens with two attached hydrogens (primary N) is 2. The lowest BCUT2D eigenvalue weighted by atomic mass is 10.1. The van der Waals surface area contributed by atoms with Gasteiger partial charge in [-0.3, -0.25) is 37.7 Å². The van der Waals surface area contributed by atoms with Crippen LogP contribution in [-0.2, 0) is 45.4 Å². The van der Waals surface area contributed by atoms with Gasteiger partial charge in [0.05, 0.1) is 32.0 Å². The number of nitrogens with one attached hydrogen (secondary N) is 2. The first-order valence-electron chi connectivity index (χ1n) is 14.6. The van der Waals surface area contributed by atoms with E-state index in [9.17, 15) is 53.0 Å². The maximum atomic E-state index is 11.8. The molecule has 0 amide bonds. The fraction of sp³-hybridized carbons (Fsp3) is 0.500. The van der Waals surface area contributed by atoms with Gasteiger partial charge in [-0.2, -0.15) is 18.6 Å². The van der Waals surface area contributed by atoms with Crippen molar-refractivity contribution < 1.29 is 90.1 Å². The SMILES string of the molecule is Nc1nc2c(ncn2[C@@H]2O[C@H](COP(=O)(O)OP(=O)(O)O)[C@@H](O)[C@H]2O)c(=O)[nH]1.Nc1nc2c(ncn2[C@H]2C[C@H](O)[C@@H](COP(=O)(O)OP(=O)(O)O)O2)c(=O)[nH]1. The Morgan fingerprint density at radius 2 is 1.18 bits per heavy atom. The first kappa shape index (κ1) is 42.8. The second kappa shape index (κ2) is 15.9.